The Hall–Kier alpha value is -3.95. The molecule has 9 heteroatoms. The molecule has 0 atom stereocenters. The minimum absolute atomic E-state index is 0.306. The number of nitrogens with two attached hydrogens (primary N) is 2. The van der Waals surface area contributed by atoms with Crippen LogP contribution in [0.5, 0.6) is 5.75 Å². The number of hydrogen-bond acceptors (Lipinski definition) is 7. The van der Waals surface area contributed by atoms with Crippen LogP contribution in [0.2, 0.25) is 0 Å². The van der Waals surface area contributed by atoms with E-state index < -0.39 is 10.0 Å². The summed E-state index contributed by atoms with van der Waals surface area (Å²) in [5, 5.41) is 8.49. The first-order chi connectivity index (χ1) is 15.9. The third-order valence-electron chi connectivity index (χ3n) is 4.78. The number of nitrogen functional groups attached to an aromatic ring is 1. The predicted octanol–water partition coefficient (Wildman–Crippen LogP) is 3.84. The van der Waals surface area contributed by atoms with E-state index in [4.69, 9.17) is 15.6 Å². The van der Waals surface area contributed by atoms with Crippen molar-refractivity contribution in [1.82, 2.24) is 9.97 Å². The molecular weight excluding hydrogens is 438 g/mol. The van der Waals surface area contributed by atoms with Gasteiger partial charge in [0.25, 0.3) is 0 Å². The summed E-state index contributed by atoms with van der Waals surface area (Å²) >= 11 is 0. The van der Waals surface area contributed by atoms with E-state index in [1.807, 2.05) is 48.5 Å². The van der Waals surface area contributed by atoms with Crippen LogP contribution in [0.15, 0.2) is 85.2 Å². The largest absolute Gasteiger partial charge is 0.489 e. The van der Waals surface area contributed by atoms with Crippen LogP contribution in [0, 0.1) is 0 Å². The molecule has 0 spiro atoms. The average Bonchev–Trinajstić information content (AvgIpc) is 2.78. The second kappa shape index (κ2) is 9.68. The van der Waals surface area contributed by atoms with Crippen LogP contribution in [-0.2, 0) is 22.4 Å². The van der Waals surface area contributed by atoms with Crippen LogP contribution in [-0.4, -0.2) is 18.4 Å². The molecule has 0 unspecified atom stereocenters. The van der Waals surface area contributed by atoms with Crippen molar-refractivity contribution in [3.05, 3.63) is 96.3 Å². The Morgan fingerprint density at radius 3 is 2.48 bits per heavy atom. The van der Waals surface area contributed by atoms with Gasteiger partial charge in [0.05, 0.1) is 11.4 Å². The van der Waals surface area contributed by atoms with Gasteiger partial charge in [0.1, 0.15) is 24.5 Å². The number of rotatable bonds is 8. The summed E-state index contributed by atoms with van der Waals surface area (Å²) in [5.41, 5.74) is 10.1. The Kier molecular flexibility index (Phi) is 6.53. The minimum Gasteiger partial charge on any atom is -0.489 e. The molecule has 0 aliphatic carbocycles. The number of benzene rings is 3. The van der Waals surface area contributed by atoms with Gasteiger partial charge in [-0.3, -0.25) is 0 Å². The minimum atomic E-state index is -3.76. The lowest BCUT2D eigenvalue weighted by Gasteiger charge is -2.14. The van der Waals surface area contributed by atoms with Crippen molar-refractivity contribution >= 4 is 27.2 Å². The van der Waals surface area contributed by atoms with Crippen LogP contribution >= 0.6 is 0 Å². The van der Waals surface area contributed by atoms with E-state index in [1.54, 1.807) is 30.3 Å². The lowest BCUT2D eigenvalue weighted by atomic mass is 10.1. The summed E-state index contributed by atoms with van der Waals surface area (Å²) in [6, 6.07) is 24.0. The fourth-order valence-electron chi connectivity index (χ4n) is 3.29. The van der Waals surface area contributed by atoms with Crippen LogP contribution in [0.1, 0.15) is 11.1 Å². The third-order valence-corrected chi connectivity index (χ3v) is 5.49. The maximum absolute atomic E-state index is 11.8. The molecule has 0 aliphatic rings. The molecule has 168 valence electrons. The Labute approximate surface area is 192 Å². The molecule has 0 saturated carbocycles. The van der Waals surface area contributed by atoms with E-state index >= 15 is 0 Å². The van der Waals surface area contributed by atoms with Gasteiger partial charge in [-0.1, -0.05) is 42.5 Å². The third kappa shape index (κ3) is 6.28. The Morgan fingerprint density at radius 2 is 1.73 bits per heavy atom. The van der Waals surface area contributed by atoms with Gasteiger partial charge < -0.3 is 15.8 Å². The fourth-order valence-corrected chi connectivity index (χ4v) is 3.95. The van der Waals surface area contributed by atoms with Gasteiger partial charge in [0.15, 0.2) is 0 Å². The number of aromatic nitrogens is 2. The van der Waals surface area contributed by atoms with Crippen molar-refractivity contribution in [3.8, 4) is 17.0 Å². The van der Waals surface area contributed by atoms with Crippen molar-refractivity contribution in [1.29, 1.82) is 0 Å². The number of anilines is 3. The van der Waals surface area contributed by atoms with Gasteiger partial charge in [-0.05, 0) is 35.9 Å². The zero-order chi connectivity index (χ0) is 23.3. The number of primary sulfonamides is 1. The highest BCUT2D eigenvalue weighted by atomic mass is 32.2. The molecule has 3 aromatic carbocycles. The lowest BCUT2D eigenvalue weighted by molar-refractivity contribution is 0.304. The second-order valence-electron chi connectivity index (χ2n) is 7.44. The van der Waals surface area contributed by atoms with E-state index in [2.05, 4.69) is 15.3 Å². The normalized spacial score (nSPS) is 11.2. The summed E-state index contributed by atoms with van der Waals surface area (Å²) in [7, 11) is -3.76. The smallest absolute Gasteiger partial charge is 0.213 e. The fraction of sp³-hybridized carbons (Fsp3) is 0.0833. The topological polar surface area (TPSA) is 133 Å². The van der Waals surface area contributed by atoms with E-state index in [9.17, 15) is 8.42 Å². The maximum Gasteiger partial charge on any atom is 0.213 e. The van der Waals surface area contributed by atoms with Crippen molar-refractivity contribution in [2.75, 3.05) is 11.1 Å². The summed E-state index contributed by atoms with van der Waals surface area (Å²) < 4.78 is 29.5. The van der Waals surface area contributed by atoms with Crippen molar-refractivity contribution < 1.29 is 13.2 Å². The molecule has 0 aliphatic heterocycles. The maximum atomic E-state index is 11.8. The molecule has 0 bridgehead atoms. The van der Waals surface area contributed by atoms with Crippen LogP contribution in [0.4, 0.5) is 17.2 Å². The first kappa shape index (κ1) is 22.3. The van der Waals surface area contributed by atoms with E-state index in [1.165, 1.54) is 6.33 Å². The van der Waals surface area contributed by atoms with Gasteiger partial charge in [0.2, 0.25) is 10.0 Å². The molecule has 1 heterocycles. The van der Waals surface area contributed by atoms with Gasteiger partial charge >= 0.3 is 0 Å². The van der Waals surface area contributed by atoms with E-state index in [0.717, 1.165) is 11.1 Å². The molecule has 0 radical (unpaired) electrons. The summed E-state index contributed by atoms with van der Waals surface area (Å²) in [5.74, 6) is 0.633. The zero-order valence-corrected chi connectivity index (χ0v) is 18.5. The summed E-state index contributed by atoms with van der Waals surface area (Å²) in [6.07, 6.45) is 1.45. The number of ether oxygens (including phenoxy) is 1. The highest BCUT2D eigenvalue weighted by molar-refractivity contribution is 7.88. The second-order valence-corrected chi connectivity index (χ2v) is 9.06. The predicted molar refractivity (Wildman–Crippen MR) is 129 cm³/mol. The Balaban J connectivity index is 1.58. The molecule has 0 fully saturated rings. The van der Waals surface area contributed by atoms with Gasteiger partial charge in [-0.25, -0.2) is 23.5 Å². The molecule has 4 aromatic rings. The number of nitrogens with zero attached hydrogens (tertiary/aromatic N) is 2. The van der Waals surface area contributed by atoms with Crippen molar-refractivity contribution in [3.63, 3.8) is 0 Å². The number of sulfonamides is 1. The molecule has 33 heavy (non-hydrogen) atoms. The van der Waals surface area contributed by atoms with Crippen molar-refractivity contribution in [2.45, 2.75) is 12.4 Å². The molecule has 8 nitrogen and oxygen atoms in total. The number of nitrogens with one attached hydrogen (secondary N) is 1. The van der Waals surface area contributed by atoms with E-state index in [-0.39, 0.29) is 5.75 Å². The standard InChI is InChI=1S/C24H23N5O3S/c25-20-8-4-7-18(11-20)22-13-24(28-16-27-22)29-21-9-10-23(19(12-21)15-33(26,30)31)32-14-17-5-2-1-3-6-17/h1-13,16H,14-15,25H2,(H2,26,30,31)(H,27,28,29). The Morgan fingerprint density at radius 1 is 0.909 bits per heavy atom. The SMILES string of the molecule is Nc1cccc(-c2cc(Nc3ccc(OCc4ccccc4)c(CS(N)(=O)=O)c3)ncn2)c1. The molecule has 5 N–H and O–H groups in total. The summed E-state index contributed by atoms with van der Waals surface area (Å²) in [4.78, 5) is 8.56. The molecular formula is C24H23N5O3S. The molecule has 1 aromatic heterocycles. The zero-order valence-electron chi connectivity index (χ0n) is 17.7. The van der Waals surface area contributed by atoms with Crippen LogP contribution in [0.25, 0.3) is 11.3 Å². The van der Waals surface area contributed by atoms with Crippen LogP contribution < -0.4 is 20.9 Å². The summed E-state index contributed by atoms with van der Waals surface area (Å²) in [6.45, 7) is 0.306. The Bertz CT molecular complexity index is 1360. The van der Waals surface area contributed by atoms with Gasteiger partial charge in [-0.15, -0.1) is 0 Å². The monoisotopic (exact) mass is 461 g/mol. The van der Waals surface area contributed by atoms with Crippen LogP contribution in [0.3, 0.4) is 0 Å². The quantitative estimate of drug-likeness (QED) is 0.340. The van der Waals surface area contributed by atoms with Gasteiger partial charge in [0, 0.05) is 28.6 Å². The van der Waals surface area contributed by atoms with Gasteiger partial charge in [-0.2, -0.15) is 0 Å². The molecule has 0 saturated heterocycles. The average molecular weight is 462 g/mol. The highest BCUT2D eigenvalue weighted by Gasteiger charge is 2.13. The van der Waals surface area contributed by atoms with E-state index in [0.29, 0.717) is 40.8 Å². The highest BCUT2D eigenvalue weighted by Crippen LogP contribution is 2.28. The molecule has 4 rings (SSSR count). The molecule has 0 amide bonds. The lowest BCUT2D eigenvalue weighted by Crippen LogP contribution is -2.15. The van der Waals surface area contributed by atoms with Crippen molar-refractivity contribution in [2.24, 2.45) is 5.14 Å². The first-order valence-electron chi connectivity index (χ1n) is 10.1. The first-order valence-corrected chi connectivity index (χ1v) is 11.8. The number of hydrogen-bond donors (Lipinski definition) is 3.